The Morgan fingerprint density at radius 3 is 2.92 bits per heavy atom. The van der Waals surface area contributed by atoms with Gasteiger partial charge in [0.15, 0.2) is 0 Å². The van der Waals surface area contributed by atoms with Crippen molar-refractivity contribution in [3.05, 3.63) is 52.5 Å². The van der Waals surface area contributed by atoms with Crippen LogP contribution in [0, 0.1) is 11.8 Å². The van der Waals surface area contributed by atoms with E-state index < -0.39 is 5.97 Å². The lowest BCUT2D eigenvalue weighted by molar-refractivity contribution is 0.0691. The molecular formula is C19H21BrN2O3. The molecule has 1 unspecified atom stereocenters. The van der Waals surface area contributed by atoms with E-state index >= 15 is 0 Å². The smallest absolute Gasteiger partial charge is 0.354 e. The lowest BCUT2D eigenvalue weighted by atomic mass is 9.98. The van der Waals surface area contributed by atoms with Crippen LogP contribution in [0.2, 0.25) is 0 Å². The third-order valence-corrected chi connectivity index (χ3v) is 4.70. The number of rotatable bonds is 6. The van der Waals surface area contributed by atoms with Crippen molar-refractivity contribution in [3.63, 3.8) is 0 Å². The lowest BCUT2D eigenvalue weighted by Gasteiger charge is -2.25. The van der Waals surface area contributed by atoms with Gasteiger partial charge in [0.25, 0.3) is 0 Å². The van der Waals surface area contributed by atoms with Crippen LogP contribution < -0.4 is 0 Å². The zero-order valence-corrected chi connectivity index (χ0v) is 15.9. The fourth-order valence-corrected chi connectivity index (χ4v) is 3.41. The predicted octanol–water partition coefficient (Wildman–Crippen LogP) is 4.59. The van der Waals surface area contributed by atoms with Gasteiger partial charge in [-0.05, 0) is 47.2 Å². The Hall–Kier alpha value is -2.08. The average Bonchev–Trinajstić information content (AvgIpc) is 2.96. The third-order valence-electron chi connectivity index (χ3n) is 4.12. The topological polar surface area (TPSA) is 64.4 Å². The second kappa shape index (κ2) is 7.44. The molecule has 0 saturated carbocycles. The number of nitrogens with zero attached hydrogens (tertiary/aromatic N) is 2. The molecule has 2 aromatic rings. The van der Waals surface area contributed by atoms with Crippen LogP contribution in [0.4, 0.5) is 0 Å². The molecule has 0 bridgehead atoms. The summed E-state index contributed by atoms with van der Waals surface area (Å²) in [5, 5.41) is 9.08. The molecule has 6 heteroatoms. The molecule has 1 N–H and O–H groups in total. The molecule has 0 aromatic carbocycles. The number of carboxylic acids is 1. The van der Waals surface area contributed by atoms with E-state index in [1.54, 1.807) is 6.07 Å². The molecule has 0 radical (unpaired) electrons. The van der Waals surface area contributed by atoms with E-state index in [1.165, 1.54) is 0 Å². The van der Waals surface area contributed by atoms with Gasteiger partial charge in [0, 0.05) is 18.7 Å². The molecule has 1 atom stereocenters. The van der Waals surface area contributed by atoms with Gasteiger partial charge in [-0.15, -0.1) is 0 Å². The monoisotopic (exact) mass is 404 g/mol. The summed E-state index contributed by atoms with van der Waals surface area (Å²) < 4.78 is 9.26. The number of hydrogen-bond acceptors (Lipinski definition) is 3. The minimum Gasteiger partial charge on any atom is -0.497 e. The average molecular weight is 405 g/mol. The Kier molecular flexibility index (Phi) is 5.27. The van der Waals surface area contributed by atoms with Crippen molar-refractivity contribution in [3.8, 4) is 0 Å². The first-order chi connectivity index (χ1) is 11.9. The summed E-state index contributed by atoms with van der Waals surface area (Å²) >= 11 is 3.59. The number of fused-ring (bicyclic) bond motifs is 1. The van der Waals surface area contributed by atoms with Gasteiger partial charge in [-0.3, -0.25) is 0 Å². The van der Waals surface area contributed by atoms with Crippen LogP contribution in [0.3, 0.4) is 0 Å². The highest BCUT2D eigenvalue weighted by Crippen LogP contribution is 2.31. The Balaban J connectivity index is 1.83. The predicted molar refractivity (Wildman–Crippen MR) is 101 cm³/mol. The number of ether oxygens (including phenoxy) is 1. The highest BCUT2D eigenvalue weighted by atomic mass is 79.9. The van der Waals surface area contributed by atoms with E-state index in [1.807, 2.05) is 30.5 Å². The summed E-state index contributed by atoms with van der Waals surface area (Å²) in [4.78, 5) is 15.3. The number of aromatic nitrogens is 2. The largest absolute Gasteiger partial charge is 0.497 e. The molecule has 2 aromatic heterocycles. The number of aromatic carboxylic acids is 1. The van der Waals surface area contributed by atoms with Gasteiger partial charge in [-0.25, -0.2) is 9.78 Å². The van der Waals surface area contributed by atoms with Crippen molar-refractivity contribution >= 4 is 32.9 Å². The maximum Gasteiger partial charge on any atom is 0.354 e. The van der Waals surface area contributed by atoms with Gasteiger partial charge in [-0.1, -0.05) is 29.8 Å². The Bertz CT molecular complexity index is 851. The van der Waals surface area contributed by atoms with Crippen molar-refractivity contribution in [1.29, 1.82) is 0 Å². The van der Waals surface area contributed by atoms with E-state index in [2.05, 4.69) is 39.3 Å². The van der Waals surface area contributed by atoms with Crippen LogP contribution in [0.1, 0.15) is 30.8 Å². The van der Waals surface area contributed by atoms with Crippen LogP contribution in [0.15, 0.2) is 46.8 Å². The normalized spacial score (nSPS) is 17.5. The van der Waals surface area contributed by atoms with Gasteiger partial charge in [0.1, 0.15) is 11.5 Å². The van der Waals surface area contributed by atoms with Crippen molar-refractivity contribution in [2.24, 2.45) is 11.8 Å². The molecule has 0 saturated heterocycles. The zero-order chi connectivity index (χ0) is 18.0. The van der Waals surface area contributed by atoms with Crippen LogP contribution in [0.25, 0.3) is 11.0 Å². The van der Waals surface area contributed by atoms with Gasteiger partial charge in [0.05, 0.1) is 17.6 Å². The van der Waals surface area contributed by atoms with Gasteiger partial charge in [0.2, 0.25) is 0 Å². The molecule has 5 nitrogen and oxygen atoms in total. The SMILES string of the molecule is CC(C)COC1=CC=C(Br)CC1Cn1ccc2nc(C(=O)O)ccc21. The van der Waals surface area contributed by atoms with E-state index in [9.17, 15) is 4.79 Å². The van der Waals surface area contributed by atoms with Crippen LogP contribution >= 0.6 is 15.9 Å². The van der Waals surface area contributed by atoms with Crippen molar-refractivity contribution in [1.82, 2.24) is 9.55 Å². The van der Waals surface area contributed by atoms with Crippen molar-refractivity contribution in [2.45, 2.75) is 26.8 Å². The summed E-state index contributed by atoms with van der Waals surface area (Å²) in [5.41, 5.74) is 1.69. The number of hydrogen-bond donors (Lipinski definition) is 1. The Morgan fingerprint density at radius 2 is 2.20 bits per heavy atom. The van der Waals surface area contributed by atoms with E-state index in [-0.39, 0.29) is 11.6 Å². The number of halogens is 1. The Labute approximate surface area is 155 Å². The second-order valence-electron chi connectivity index (χ2n) is 6.66. The molecule has 0 spiro atoms. The maximum atomic E-state index is 11.1. The fraction of sp³-hybridized carbons (Fsp3) is 0.368. The molecule has 2 heterocycles. The minimum absolute atomic E-state index is 0.0643. The minimum atomic E-state index is -1.01. The molecule has 0 aliphatic heterocycles. The molecular weight excluding hydrogens is 384 g/mol. The molecule has 0 amide bonds. The first-order valence-electron chi connectivity index (χ1n) is 8.32. The molecule has 25 heavy (non-hydrogen) atoms. The standard InChI is InChI=1S/C19H21BrN2O3/c1-12(2)11-25-18-6-3-14(20)9-13(18)10-22-8-7-15-17(22)5-4-16(21-15)19(23)24/h3-8,12-13H,9-11H2,1-2H3,(H,23,24). The van der Waals surface area contributed by atoms with Crippen molar-refractivity contribution in [2.75, 3.05) is 6.61 Å². The van der Waals surface area contributed by atoms with Crippen LogP contribution in [0.5, 0.6) is 0 Å². The molecule has 3 rings (SSSR count). The summed E-state index contributed by atoms with van der Waals surface area (Å²) in [6.45, 7) is 5.72. The van der Waals surface area contributed by atoms with Crippen LogP contribution in [-0.4, -0.2) is 27.2 Å². The number of carboxylic acid groups (broad SMARTS) is 1. The van der Waals surface area contributed by atoms with Gasteiger partial charge < -0.3 is 14.4 Å². The van der Waals surface area contributed by atoms with Gasteiger partial charge >= 0.3 is 5.97 Å². The Morgan fingerprint density at radius 1 is 1.40 bits per heavy atom. The first-order valence-corrected chi connectivity index (χ1v) is 9.11. The third kappa shape index (κ3) is 4.12. The quantitative estimate of drug-likeness (QED) is 0.764. The summed E-state index contributed by atoms with van der Waals surface area (Å²) in [6.07, 6.45) is 6.91. The number of allylic oxidation sites excluding steroid dienone is 4. The van der Waals surface area contributed by atoms with E-state index in [4.69, 9.17) is 9.84 Å². The molecule has 132 valence electrons. The van der Waals surface area contributed by atoms with E-state index in [0.29, 0.717) is 18.0 Å². The van der Waals surface area contributed by atoms with Gasteiger partial charge in [-0.2, -0.15) is 0 Å². The first kappa shape index (κ1) is 17.7. The number of pyridine rings is 1. The second-order valence-corrected chi connectivity index (χ2v) is 7.68. The number of carbonyl (C=O) groups is 1. The summed E-state index contributed by atoms with van der Waals surface area (Å²) in [6, 6.07) is 5.22. The molecule has 1 aliphatic rings. The van der Waals surface area contributed by atoms with Crippen molar-refractivity contribution < 1.29 is 14.6 Å². The zero-order valence-electron chi connectivity index (χ0n) is 14.3. The van der Waals surface area contributed by atoms with E-state index in [0.717, 1.165) is 28.7 Å². The highest BCUT2D eigenvalue weighted by molar-refractivity contribution is 9.11. The summed E-state index contributed by atoms with van der Waals surface area (Å²) in [5.74, 6) is 0.687. The van der Waals surface area contributed by atoms with Crippen LogP contribution in [-0.2, 0) is 11.3 Å². The highest BCUT2D eigenvalue weighted by Gasteiger charge is 2.22. The molecule has 1 aliphatic carbocycles. The molecule has 0 fully saturated rings. The summed E-state index contributed by atoms with van der Waals surface area (Å²) in [7, 11) is 0. The maximum absolute atomic E-state index is 11.1. The lowest BCUT2D eigenvalue weighted by Crippen LogP contribution is -2.18. The fourth-order valence-electron chi connectivity index (χ4n) is 2.89.